The average molecular weight is 414 g/mol. The third-order valence-corrected chi connectivity index (χ3v) is 4.73. The zero-order chi connectivity index (χ0) is 20.8. The Hall–Kier alpha value is -2.83. The molecular weight excluding hydrogens is 390 g/mol. The number of hydrogen-bond acceptors (Lipinski definition) is 5. The van der Waals surface area contributed by atoms with Crippen LogP contribution in [0.5, 0.6) is 5.75 Å². The molecule has 1 N–H and O–H groups in total. The van der Waals surface area contributed by atoms with Crippen molar-refractivity contribution in [1.29, 1.82) is 0 Å². The number of hydrogen-bond donors (Lipinski definition) is 1. The number of nitrogens with zero attached hydrogens (tertiary/aromatic N) is 2. The van der Waals surface area contributed by atoms with E-state index in [9.17, 15) is 4.79 Å². The molecule has 3 rings (SSSR count). The lowest BCUT2D eigenvalue weighted by Gasteiger charge is -2.18. The Balaban J connectivity index is 1.64. The number of nitrogens with one attached hydrogen (secondary N) is 1. The van der Waals surface area contributed by atoms with Crippen molar-refractivity contribution >= 4 is 23.2 Å². The van der Waals surface area contributed by atoms with Gasteiger partial charge in [0.15, 0.2) is 5.76 Å². The van der Waals surface area contributed by atoms with Gasteiger partial charge >= 0.3 is 0 Å². The fourth-order valence-electron chi connectivity index (χ4n) is 2.96. The Labute approximate surface area is 175 Å². The number of aromatic nitrogens is 1. The van der Waals surface area contributed by atoms with Crippen LogP contribution in [-0.2, 0) is 11.3 Å². The van der Waals surface area contributed by atoms with Crippen LogP contribution in [0.25, 0.3) is 11.3 Å². The van der Waals surface area contributed by atoms with Crippen LogP contribution in [0.15, 0.2) is 52.9 Å². The summed E-state index contributed by atoms with van der Waals surface area (Å²) in [4.78, 5) is 18.9. The number of amides is 1. The van der Waals surface area contributed by atoms with Crippen LogP contribution in [0.2, 0.25) is 5.02 Å². The highest BCUT2D eigenvalue weighted by Crippen LogP contribution is 2.26. The van der Waals surface area contributed by atoms with E-state index in [1.807, 2.05) is 61.2 Å². The number of anilines is 1. The van der Waals surface area contributed by atoms with Crippen molar-refractivity contribution in [2.24, 2.45) is 0 Å². The van der Waals surface area contributed by atoms with Gasteiger partial charge < -0.3 is 14.5 Å². The quantitative estimate of drug-likeness (QED) is 0.576. The summed E-state index contributed by atoms with van der Waals surface area (Å²) in [6, 6.07) is 14.7. The van der Waals surface area contributed by atoms with E-state index < -0.39 is 0 Å². The number of carbonyl (C=O) groups excluding carboxylic acids is 1. The number of methoxy groups -OCH3 is 1. The number of carbonyl (C=O) groups is 1. The number of likely N-dealkylation sites (N-methyl/N-ethyl adjacent to an activating group) is 1. The van der Waals surface area contributed by atoms with Gasteiger partial charge in [-0.25, -0.2) is 4.98 Å². The Morgan fingerprint density at radius 1 is 1.24 bits per heavy atom. The highest BCUT2D eigenvalue weighted by molar-refractivity contribution is 6.30. The number of oxazole rings is 1. The molecule has 0 saturated carbocycles. The molecule has 0 fully saturated rings. The Morgan fingerprint density at radius 2 is 2.00 bits per heavy atom. The minimum absolute atomic E-state index is 0.110. The molecule has 6 nitrogen and oxygen atoms in total. The standard InChI is InChI=1S/C22H24ClN3O3/c1-4-26(13-20(27)25-18-6-5-7-19(12-18)28-3)14-21-24-15(2)22(29-21)16-8-10-17(23)11-9-16/h5-12H,4,13-14H2,1-3H3,(H,25,27). The van der Waals surface area contributed by atoms with E-state index in [0.29, 0.717) is 41.2 Å². The molecule has 7 heteroatoms. The molecule has 0 aliphatic rings. The normalized spacial score (nSPS) is 10.9. The average Bonchev–Trinajstić information content (AvgIpc) is 3.08. The zero-order valence-corrected chi connectivity index (χ0v) is 17.5. The third-order valence-electron chi connectivity index (χ3n) is 4.47. The second kappa shape index (κ2) is 9.58. The SMILES string of the molecule is CCN(CC(=O)Nc1cccc(OC)c1)Cc1nc(C)c(-c2ccc(Cl)cc2)o1. The van der Waals surface area contributed by atoms with Crippen molar-refractivity contribution in [2.75, 3.05) is 25.5 Å². The summed E-state index contributed by atoms with van der Waals surface area (Å²) in [6.07, 6.45) is 0. The van der Waals surface area contributed by atoms with Crippen molar-refractivity contribution in [3.63, 3.8) is 0 Å². The van der Waals surface area contributed by atoms with Gasteiger partial charge in [-0.05, 0) is 49.9 Å². The molecule has 0 spiro atoms. The van der Waals surface area contributed by atoms with Crippen molar-refractivity contribution < 1.29 is 13.9 Å². The van der Waals surface area contributed by atoms with E-state index in [0.717, 1.165) is 11.3 Å². The fourth-order valence-corrected chi connectivity index (χ4v) is 3.09. The highest BCUT2D eigenvalue weighted by atomic mass is 35.5. The molecule has 0 unspecified atom stereocenters. The van der Waals surface area contributed by atoms with Crippen molar-refractivity contribution in [1.82, 2.24) is 9.88 Å². The van der Waals surface area contributed by atoms with E-state index >= 15 is 0 Å². The molecule has 3 aromatic rings. The van der Waals surface area contributed by atoms with Gasteiger partial charge in [0.25, 0.3) is 0 Å². The fraction of sp³-hybridized carbons (Fsp3) is 0.273. The summed E-state index contributed by atoms with van der Waals surface area (Å²) >= 11 is 5.96. The van der Waals surface area contributed by atoms with Crippen molar-refractivity contribution in [3.8, 4) is 17.1 Å². The van der Waals surface area contributed by atoms with Crippen LogP contribution in [-0.4, -0.2) is 36.0 Å². The lowest BCUT2D eigenvalue weighted by molar-refractivity contribution is -0.117. The summed E-state index contributed by atoms with van der Waals surface area (Å²) in [7, 11) is 1.59. The molecule has 0 aliphatic carbocycles. The summed E-state index contributed by atoms with van der Waals surface area (Å²) in [5.41, 5.74) is 2.42. The summed E-state index contributed by atoms with van der Waals surface area (Å²) in [5.74, 6) is 1.87. The summed E-state index contributed by atoms with van der Waals surface area (Å²) in [5, 5.41) is 3.56. The maximum absolute atomic E-state index is 12.4. The smallest absolute Gasteiger partial charge is 0.238 e. The van der Waals surface area contributed by atoms with Crippen LogP contribution in [0, 0.1) is 6.92 Å². The van der Waals surface area contributed by atoms with Crippen LogP contribution in [0.1, 0.15) is 18.5 Å². The Morgan fingerprint density at radius 3 is 2.69 bits per heavy atom. The molecule has 0 radical (unpaired) electrons. The van der Waals surface area contributed by atoms with Gasteiger partial charge in [0.1, 0.15) is 5.75 Å². The first-order valence-corrected chi connectivity index (χ1v) is 9.74. The molecule has 0 aliphatic heterocycles. The summed E-state index contributed by atoms with van der Waals surface area (Å²) < 4.78 is 11.1. The number of halogens is 1. The first-order chi connectivity index (χ1) is 14.0. The van der Waals surface area contributed by atoms with Gasteiger partial charge in [-0.3, -0.25) is 9.69 Å². The zero-order valence-electron chi connectivity index (χ0n) is 16.7. The first kappa shape index (κ1) is 20.9. The molecule has 2 aromatic carbocycles. The second-order valence-corrected chi connectivity index (χ2v) is 7.05. The molecular formula is C22H24ClN3O3. The number of rotatable bonds is 8. The highest BCUT2D eigenvalue weighted by Gasteiger charge is 2.16. The van der Waals surface area contributed by atoms with Crippen LogP contribution in [0.3, 0.4) is 0 Å². The van der Waals surface area contributed by atoms with Gasteiger partial charge in [0.05, 0.1) is 25.9 Å². The minimum Gasteiger partial charge on any atom is -0.497 e. The maximum atomic E-state index is 12.4. The largest absolute Gasteiger partial charge is 0.497 e. The lowest BCUT2D eigenvalue weighted by atomic mass is 10.1. The van der Waals surface area contributed by atoms with E-state index in [1.54, 1.807) is 13.2 Å². The molecule has 1 amide bonds. The van der Waals surface area contributed by atoms with E-state index in [1.165, 1.54) is 0 Å². The Bertz CT molecular complexity index is 970. The van der Waals surface area contributed by atoms with Gasteiger partial charge in [-0.1, -0.05) is 24.6 Å². The van der Waals surface area contributed by atoms with Crippen LogP contribution >= 0.6 is 11.6 Å². The predicted octanol–water partition coefficient (Wildman–Crippen LogP) is 4.77. The van der Waals surface area contributed by atoms with Gasteiger partial charge in [-0.2, -0.15) is 0 Å². The van der Waals surface area contributed by atoms with E-state index in [4.69, 9.17) is 20.8 Å². The Kier molecular flexibility index (Phi) is 6.90. The van der Waals surface area contributed by atoms with Crippen LogP contribution < -0.4 is 10.1 Å². The van der Waals surface area contributed by atoms with Crippen molar-refractivity contribution in [3.05, 3.63) is 65.1 Å². The molecule has 152 valence electrons. The molecule has 0 saturated heterocycles. The monoisotopic (exact) mass is 413 g/mol. The van der Waals surface area contributed by atoms with Crippen LogP contribution in [0.4, 0.5) is 5.69 Å². The van der Waals surface area contributed by atoms with Crippen molar-refractivity contribution in [2.45, 2.75) is 20.4 Å². The molecule has 1 aromatic heterocycles. The molecule has 29 heavy (non-hydrogen) atoms. The number of benzene rings is 2. The number of ether oxygens (including phenoxy) is 1. The third kappa shape index (κ3) is 5.59. The van der Waals surface area contributed by atoms with Gasteiger partial charge in [-0.15, -0.1) is 0 Å². The van der Waals surface area contributed by atoms with E-state index in [2.05, 4.69) is 10.3 Å². The lowest BCUT2D eigenvalue weighted by Crippen LogP contribution is -2.32. The predicted molar refractivity (Wildman–Crippen MR) is 114 cm³/mol. The number of aryl methyl sites for hydroxylation is 1. The van der Waals surface area contributed by atoms with Gasteiger partial charge in [0.2, 0.25) is 11.8 Å². The first-order valence-electron chi connectivity index (χ1n) is 9.37. The van der Waals surface area contributed by atoms with Gasteiger partial charge in [0, 0.05) is 22.3 Å². The topological polar surface area (TPSA) is 67.6 Å². The minimum atomic E-state index is -0.110. The van der Waals surface area contributed by atoms with E-state index in [-0.39, 0.29) is 12.5 Å². The molecule has 0 bridgehead atoms. The molecule has 1 heterocycles. The maximum Gasteiger partial charge on any atom is 0.238 e. The molecule has 0 atom stereocenters. The summed E-state index contributed by atoms with van der Waals surface area (Å²) in [6.45, 7) is 5.25. The second-order valence-electron chi connectivity index (χ2n) is 6.61.